The van der Waals surface area contributed by atoms with Gasteiger partial charge in [0.25, 0.3) is 0 Å². The van der Waals surface area contributed by atoms with Crippen LogP contribution in [0.25, 0.3) is 10.9 Å². The van der Waals surface area contributed by atoms with E-state index >= 15 is 0 Å². The first-order valence-electron chi connectivity index (χ1n) is 10.0. The molecule has 5 atom stereocenters. The number of hydrogen-bond donors (Lipinski definition) is 7. The summed E-state index contributed by atoms with van der Waals surface area (Å²) in [6.07, 6.45) is 3.01. The van der Waals surface area contributed by atoms with Gasteiger partial charge in [-0.25, -0.2) is 4.79 Å². The van der Waals surface area contributed by atoms with Crippen molar-refractivity contribution in [2.45, 2.75) is 65.8 Å². The summed E-state index contributed by atoms with van der Waals surface area (Å²) in [4.78, 5) is 11.6. The summed E-state index contributed by atoms with van der Waals surface area (Å²) in [6, 6.07) is 6.54. The summed E-state index contributed by atoms with van der Waals surface area (Å²) in [5.74, 6) is -2.12. The molecule has 0 spiro atoms. The number of para-hydroxylation sites is 1. The number of carbonyl (C=O) groups is 1. The van der Waals surface area contributed by atoms with Gasteiger partial charge in [-0.3, -0.25) is 0 Å². The number of rotatable bonds is 2. The van der Waals surface area contributed by atoms with E-state index in [4.69, 9.17) is 22.1 Å². The Morgan fingerprint density at radius 2 is 1.78 bits per heavy atom. The van der Waals surface area contributed by atoms with Gasteiger partial charge in [0.15, 0.2) is 6.29 Å². The summed E-state index contributed by atoms with van der Waals surface area (Å²) in [5, 5.41) is 58.3. The molecule has 1 saturated heterocycles. The number of benzene rings is 1. The SMILES string of the molecule is NC1CCCCC1.O=C(O)[C@H]1O[C@@H](O)[C@@](O)(Br)[C@](O)(Cl)[C@@]1(O)n1cc(O)c2ccccc21. The van der Waals surface area contributed by atoms with Gasteiger partial charge in [0.05, 0.1) is 5.52 Å². The number of alkyl halides is 2. The van der Waals surface area contributed by atoms with Gasteiger partial charge < -0.3 is 45.7 Å². The number of aliphatic hydroxyl groups excluding tert-OH is 1. The monoisotopic (exact) mass is 536 g/mol. The highest BCUT2D eigenvalue weighted by molar-refractivity contribution is 9.10. The van der Waals surface area contributed by atoms with Crippen LogP contribution in [0, 0.1) is 0 Å². The average molecular weight is 538 g/mol. The van der Waals surface area contributed by atoms with Crippen LogP contribution in [0.3, 0.4) is 0 Å². The van der Waals surface area contributed by atoms with E-state index in [-0.39, 0.29) is 16.7 Å². The molecule has 1 aliphatic heterocycles. The molecule has 32 heavy (non-hydrogen) atoms. The highest BCUT2D eigenvalue weighted by atomic mass is 79.9. The Hall–Kier alpha value is -1.44. The topological polar surface area (TPSA) is 179 Å². The minimum atomic E-state index is -3.19. The van der Waals surface area contributed by atoms with Crippen molar-refractivity contribution in [3.63, 3.8) is 0 Å². The van der Waals surface area contributed by atoms with E-state index in [1.807, 2.05) is 0 Å². The van der Waals surface area contributed by atoms with E-state index in [0.29, 0.717) is 6.04 Å². The molecule has 178 valence electrons. The number of halogens is 2. The molecule has 0 bridgehead atoms. The molecule has 1 saturated carbocycles. The minimum Gasteiger partial charge on any atom is -0.506 e. The van der Waals surface area contributed by atoms with Gasteiger partial charge in [-0.1, -0.05) is 43.0 Å². The maximum absolute atomic E-state index is 11.6. The zero-order valence-corrected chi connectivity index (χ0v) is 19.3. The Morgan fingerprint density at radius 1 is 1.19 bits per heavy atom. The number of nitrogens with two attached hydrogens (primary N) is 1. The highest BCUT2D eigenvalue weighted by Gasteiger charge is 2.74. The number of aliphatic carboxylic acids is 1. The van der Waals surface area contributed by atoms with Gasteiger partial charge in [0.1, 0.15) is 5.75 Å². The lowest BCUT2D eigenvalue weighted by atomic mass is 9.90. The number of aromatic nitrogens is 1. The molecule has 2 fully saturated rings. The molecule has 1 aromatic heterocycles. The molecular formula is C20H26BrClN2O8. The van der Waals surface area contributed by atoms with Crippen molar-refractivity contribution in [1.82, 2.24) is 4.57 Å². The maximum Gasteiger partial charge on any atom is 0.338 e. The number of aromatic hydroxyl groups is 1. The average Bonchev–Trinajstić information content (AvgIpc) is 3.08. The second-order valence-electron chi connectivity index (χ2n) is 8.03. The quantitative estimate of drug-likeness (QED) is 0.276. The number of nitrogens with zero attached hydrogens (tertiary/aromatic N) is 1. The van der Waals surface area contributed by atoms with E-state index in [1.165, 1.54) is 50.3 Å². The van der Waals surface area contributed by atoms with E-state index in [1.54, 1.807) is 6.07 Å². The lowest BCUT2D eigenvalue weighted by Crippen LogP contribution is -2.76. The summed E-state index contributed by atoms with van der Waals surface area (Å²) < 4.78 is 2.71. The van der Waals surface area contributed by atoms with Gasteiger partial charge in [-0.15, -0.1) is 0 Å². The number of carboxylic acid groups (broad SMARTS) is 1. The van der Waals surface area contributed by atoms with Crippen LogP contribution in [0.1, 0.15) is 32.1 Å². The molecule has 2 aliphatic rings. The van der Waals surface area contributed by atoms with Crippen LogP contribution >= 0.6 is 27.5 Å². The molecule has 10 nitrogen and oxygen atoms in total. The predicted molar refractivity (Wildman–Crippen MR) is 118 cm³/mol. The fourth-order valence-electron chi connectivity index (χ4n) is 4.00. The highest BCUT2D eigenvalue weighted by Crippen LogP contribution is 2.53. The van der Waals surface area contributed by atoms with Crippen molar-refractivity contribution in [2.75, 3.05) is 0 Å². The third-order valence-corrected chi connectivity index (χ3v) is 7.60. The van der Waals surface area contributed by atoms with Crippen molar-refractivity contribution in [3.8, 4) is 5.75 Å². The molecule has 4 rings (SSSR count). The van der Waals surface area contributed by atoms with Gasteiger partial charge in [-0.05, 0) is 40.9 Å². The molecule has 0 amide bonds. The molecule has 8 N–H and O–H groups in total. The zero-order chi connectivity index (χ0) is 23.9. The number of ether oxygens (including phenoxy) is 1. The van der Waals surface area contributed by atoms with Gasteiger partial charge in [0.2, 0.25) is 21.4 Å². The van der Waals surface area contributed by atoms with Crippen molar-refractivity contribution >= 4 is 44.4 Å². The fourth-order valence-corrected chi connectivity index (χ4v) is 4.69. The fraction of sp³-hybridized carbons (Fsp3) is 0.550. The second-order valence-corrected chi connectivity index (χ2v) is 9.78. The Bertz CT molecular complexity index is 978. The van der Waals surface area contributed by atoms with Crippen molar-refractivity contribution in [1.29, 1.82) is 0 Å². The summed E-state index contributed by atoms with van der Waals surface area (Å²) in [5.41, 5.74) is 2.70. The number of carboxylic acids is 1. The molecule has 0 radical (unpaired) electrons. The number of aliphatic hydroxyl groups is 4. The zero-order valence-electron chi connectivity index (χ0n) is 16.9. The van der Waals surface area contributed by atoms with Crippen LogP contribution in [0.2, 0.25) is 0 Å². The first-order valence-corrected chi connectivity index (χ1v) is 11.2. The molecule has 2 heterocycles. The summed E-state index contributed by atoms with van der Waals surface area (Å²) >= 11 is 8.52. The predicted octanol–water partition coefficient (Wildman–Crippen LogP) is 1.08. The van der Waals surface area contributed by atoms with Crippen LogP contribution in [-0.4, -0.2) is 69.2 Å². The van der Waals surface area contributed by atoms with E-state index in [0.717, 1.165) is 10.8 Å². The van der Waals surface area contributed by atoms with Crippen LogP contribution in [0.5, 0.6) is 5.75 Å². The Kier molecular flexibility index (Phi) is 7.14. The maximum atomic E-state index is 11.6. The molecule has 1 aliphatic carbocycles. The summed E-state index contributed by atoms with van der Waals surface area (Å²) in [7, 11) is 0. The molecule has 1 aromatic carbocycles. The Labute approximate surface area is 196 Å². The Morgan fingerprint density at radius 3 is 2.31 bits per heavy atom. The first kappa shape index (κ1) is 25.2. The van der Waals surface area contributed by atoms with Crippen LogP contribution < -0.4 is 5.73 Å². The van der Waals surface area contributed by atoms with E-state index in [9.17, 15) is 35.4 Å². The smallest absolute Gasteiger partial charge is 0.338 e. The molecule has 0 unspecified atom stereocenters. The van der Waals surface area contributed by atoms with Crippen molar-refractivity contribution in [2.24, 2.45) is 5.73 Å². The van der Waals surface area contributed by atoms with Crippen molar-refractivity contribution < 1.29 is 40.2 Å². The molecule has 2 aromatic rings. The van der Waals surface area contributed by atoms with Gasteiger partial charge in [-0.2, -0.15) is 0 Å². The van der Waals surface area contributed by atoms with Gasteiger partial charge >= 0.3 is 5.97 Å². The van der Waals surface area contributed by atoms with Crippen molar-refractivity contribution in [3.05, 3.63) is 30.5 Å². The third kappa shape index (κ3) is 4.01. The normalized spacial score (nSPS) is 35.8. The van der Waals surface area contributed by atoms with E-state index in [2.05, 4.69) is 15.9 Å². The first-order chi connectivity index (χ1) is 14.9. The summed E-state index contributed by atoms with van der Waals surface area (Å²) in [6.45, 7) is 0. The standard InChI is InChI=1S/C14H13BrClNO8.C6H13N/c15-12(22)11(21)25-9(10(19)20)13(23,14(12,16)24)17-5-8(18)6-3-1-2-4-7(6)17;7-6-4-2-1-3-5-6/h1-5,9,11,18,21-24H,(H,19,20);6H,1-5,7H2/t9-,11-,12+,13-,14-;/m1./s1. The Balaban J connectivity index is 0.000000352. The third-order valence-electron chi connectivity index (χ3n) is 5.84. The van der Waals surface area contributed by atoms with Crippen LogP contribution in [0.4, 0.5) is 0 Å². The second kappa shape index (κ2) is 9.07. The molecular weight excluding hydrogens is 512 g/mol. The van der Waals surface area contributed by atoms with Crippen LogP contribution in [-0.2, 0) is 15.3 Å². The van der Waals surface area contributed by atoms with E-state index < -0.39 is 33.7 Å². The molecule has 12 heteroatoms. The lowest BCUT2D eigenvalue weighted by Gasteiger charge is -2.53. The van der Waals surface area contributed by atoms with Gasteiger partial charge in [0, 0.05) is 17.6 Å². The minimum absolute atomic E-state index is 0.0936. The van der Waals surface area contributed by atoms with Crippen LogP contribution in [0.15, 0.2) is 30.5 Å². The number of fused-ring (bicyclic) bond motifs is 1. The largest absolute Gasteiger partial charge is 0.506 e. The number of hydrogen-bond acceptors (Lipinski definition) is 8. The lowest BCUT2D eigenvalue weighted by molar-refractivity contribution is -0.358.